The first-order chi connectivity index (χ1) is 9.74. The molecule has 21 heavy (non-hydrogen) atoms. The minimum atomic E-state index is -4.63. The van der Waals surface area contributed by atoms with Gasteiger partial charge in [-0.15, -0.1) is 0 Å². The SMILES string of the molecule is Cc1nn(-c2nc(C(F)(F)F)ccc2C(N)=NO)cc1Cl. The summed E-state index contributed by atoms with van der Waals surface area (Å²) in [6, 6.07) is 1.78. The van der Waals surface area contributed by atoms with Gasteiger partial charge in [-0.25, -0.2) is 9.67 Å². The topological polar surface area (TPSA) is 89.3 Å². The zero-order valence-electron chi connectivity index (χ0n) is 10.6. The summed E-state index contributed by atoms with van der Waals surface area (Å²) in [6.07, 6.45) is -3.35. The van der Waals surface area contributed by atoms with Gasteiger partial charge in [0.15, 0.2) is 11.7 Å². The van der Waals surface area contributed by atoms with E-state index in [1.165, 1.54) is 6.20 Å². The molecule has 0 radical (unpaired) electrons. The molecule has 0 atom stereocenters. The van der Waals surface area contributed by atoms with Gasteiger partial charge in [0, 0.05) is 0 Å². The number of amidine groups is 1. The molecule has 6 nitrogen and oxygen atoms in total. The van der Waals surface area contributed by atoms with Gasteiger partial charge in [-0.3, -0.25) is 0 Å². The highest BCUT2D eigenvalue weighted by Gasteiger charge is 2.33. The predicted molar refractivity (Wildman–Crippen MR) is 68.6 cm³/mol. The zero-order valence-corrected chi connectivity index (χ0v) is 11.3. The molecular formula is C11H9ClF3N5O. The Labute approximate surface area is 121 Å². The van der Waals surface area contributed by atoms with Crippen molar-refractivity contribution in [2.24, 2.45) is 10.9 Å². The number of nitrogens with two attached hydrogens (primary N) is 1. The van der Waals surface area contributed by atoms with Crippen molar-refractivity contribution in [1.82, 2.24) is 14.8 Å². The number of aromatic nitrogens is 3. The summed E-state index contributed by atoms with van der Waals surface area (Å²) in [5, 5.41) is 15.7. The maximum absolute atomic E-state index is 12.8. The van der Waals surface area contributed by atoms with E-state index in [9.17, 15) is 13.2 Å². The smallest absolute Gasteiger partial charge is 0.409 e. The van der Waals surface area contributed by atoms with Gasteiger partial charge in [-0.2, -0.15) is 18.3 Å². The lowest BCUT2D eigenvalue weighted by atomic mass is 10.2. The molecule has 0 aliphatic rings. The van der Waals surface area contributed by atoms with Crippen molar-refractivity contribution in [3.05, 3.63) is 40.3 Å². The second-order valence-corrected chi connectivity index (χ2v) is 4.46. The number of nitrogens with zero attached hydrogens (tertiary/aromatic N) is 4. The fourth-order valence-corrected chi connectivity index (χ4v) is 1.71. The van der Waals surface area contributed by atoms with E-state index in [2.05, 4.69) is 15.2 Å². The molecule has 0 spiro atoms. The molecule has 0 amide bonds. The van der Waals surface area contributed by atoms with Crippen molar-refractivity contribution < 1.29 is 18.4 Å². The molecule has 0 aromatic carbocycles. The molecule has 112 valence electrons. The summed E-state index contributed by atoms with van der Waals surface area (Å²) in [6.45, 7) is 1.58. The zero-order chi connectivity index (χ0) is 15.8. The van der Waals surface area contributed by atoms with E-state index in [4.69, 9.17) is 22.5 Å². The number of rotatable bonds is 2. The first-order valence-corrected chi connectivity index (χ1v) is 5.90. The molecule has 0 aliphatic carbocycles. The van der Waals surface area contributed by atoms with Crippen LogP contribution in [0.3, 0.4) is 0 Å². The third-order valence-electron chi connectivity index (χ3n) is 2.61. The molecule has 2 rings (SSSR count). The molecular weight excluding hydrogens is 311 g/mol. The highest BCUT2D eigenvalue weighted by molar-refractivity contribution is 6.31. The first kappa shape index (κ1) is 15.1. The number of alkyl halides is 3. The minimum Gasteiger partial charge on any atom is -0.409 e. The molecule has 3 N–H and O–H groups in total. The van der Waals surface area contributed by atoms with Crippen LogP contribution in [0.25, 0.3) is 5.82 Å². The summed E-state index contributed by atoms with van der Waals surface area (Å²) in [5.74, 6) is -0.634. The summed E-state index contributed by atoms with van der Waals surface area (Å²) in [7, 11) is 0. The van der Waals surface area contributed by atoms with Gasteiger partial charge in [0.25, 0.3) is 0 Å². The van der Waals surface area contributed by atoms with E-state index in [0.717, 1.165) is 16.8 Å². The van der Waals surface area contributed by atoms with Crippen molar-refractivity contribution >= 4 is 17.4 Å². The van der Waals surface area contributed by atoms with Gasteiger partial charge in [0.1, 0.15) is 5.69 Å². The fourth-order valence-electron chi connectivity index (χ4n) is 1.58. The summed E-state index contributed by atoms with van der Waals surface area (Å²) >= 11 is 5.83. The Bertz CT molecular complexity index is 691. The van der Waals surface area contributed by atoms with Gasteiger partial charge in [0.2, 0.25) is 0 Å². The summed E-state index contributed by atoms with van der Waals surface area (Å²) in [4.78, 5) is 3.48. The highest BCUT2D eigenvalue weighted by atomic mass is 35.5. The van der Waals surface area contributed by atoms with Crippen LogP contribution in [-0.4, -0.2) is 25.8 Å². The van der Waals surface area contributed by atoms with Gasteiger partial charge in [-0.05, 0) is 19.1 Å². The molecule has 0 fully saturated rings. The number of oxime groups is 1. The van der Waals surface area contributed by atoms with Crippen LogP contribution in [0.15, 0.2) is 23.5 Å². The Hall–Kier alpha value is -2.29. The van der Waals surface area contributed by atoms with Gasteiger partial charge >= 0.3 is 6.18 Å². The molecule has 2 aromatic heterocycles. The predicted octanol–water partition coefficient (Wildman–Crippen LogP) is 2.34. The van der Waals surface area contributed by atoms with Crippen molar-refractivity contribution in [3.8, 4) is 5.82 Å². The Morgan fingerprint density at radius 1 is 1.43 bits per heavy atom. The molecule has 0 saturated heterocycles. The van der Waals surface area contributed by atoms with Crippen molar-refractivity contribution in [2.75, 3.05) is 0 Å². The van der Waals surface area contributed by atoms with Crippen LogP contribution in [0, 0.1) is 6.92 Å². The van der Waals surface area contributed by atoms with E-state index in [1.54, 1.807) is 6.92 Å². The third-order valence-corrected chi connectivity index (χ3v) is 2.98. The Balaban J connectivity index is 2.69. The van der Waals surface area contributed by atoms with Crippen molar-refractivity contribution in [2.45, 2.75) is 13.1 Å². The molecule has 0 saturated carbocycles. The maximum Gasteiger partial charge on any atom is 0.433 e. The summed E-state index contributed by atoms with van der Waals surface area (Å²) < 4.78 is 39.3. The van der Waals surface area contributed by atoms with E-state index >= 15 is 0 Å². The molecule has 0 aliphatic heterocycles. The van der Waals surface area contributed by atoms with Crippen LogP contribution in [0.5, 0.6) is 0 Å². The normalized spacial score (nSPS) is 12.7. The lowest BCUT2D eigenvalue weighted by Gasteiger charge is -2.11. The third kappa shape index (κ3) is 2.92. The van der Waals surface area contributed by atoms with Crippen LogP contribution >= 0.6 is 11.6 Å². The van der Waals surface area contributed by atoms with Gasteiger partial charge in [-0.1, -0.05) is 16.8 Å². The molecule has 2 aromatic rings. The second kappa shape index (κ2) is 5.24. The second-order valence-electron chi connectivity index (χ2n) is 4.06. The average Bonchev–Trinajstić information content (AvgIpc) is 2.76. The number of hydrogen-bond acceptors (Lipinski definition) is 4. The number of hydrogen-bond donors (Lipinski definition) is 2. The van der Waals surface area contributed by atoms with E-state index in [1.807, 2.05) is 0 Å². The van der Waals surface area contributed by atoms with Crippen LogP contribution in [-0.2, 0) is 6.18 Å². The van der Waals surface area contributed by atoms with Crippen LogP contribution in [0.1, 0.15) is 17.0 Å². The van der Waals surface area contributed by atoms with Crippen LogP contribution in [0.2, 0.25) is 5.02 Å². The standard InChI is InChI=1S/C11H9ClF3N5O/c1-5-7(12)4-20(18-5)10-6(9(16)19-21)2-3-8(17-10)11(13,14)15/h2-4,21H,1H3,(H2,16,19). The minimum absolute atomic E-state index is 0.00957. The number of halogens is 4. The largest absolute Gasteiger partial charge is 0.433 e. The molecule has 0 unspecified atom stereocenters. The Morgan fingerprint density at radius 3 is 2.57 bits per heavy atom. The summed E-state index contributed by atoms with van der Waals surface area (Å²) in [5.41, 5.74) is 4.71. The lowest BCUT2D eigenvalue weighted by molar-refractivity contribution is -0.141. The number of pyridine rings is 1. The molecule has 0 bridgehead atoms. The average molecular weight is 320 g/mol. The first-order valence-electron chi connectivity index (χ1n) is 5.52. The van der Waals surface area contributed by atoms with E-state index in [-0.39, 0.29) is 16.4 Å². The fraction of sp³-hybridized carbons (Fsp3) is 0.182. The highest BCUT2D eigenvalue weighted by Crippen LogP contribution is 2.29. The lowest BCUT2D eigenvalue weighted by Crippen LogP contribution is -2.20. The van der Waals surface area contributed by atoms with Crippen molar-refractivity contribution in [3.63, 3.8) is 0 Å². The van der Waals surface area contributed by atoms with Crippen LogP contribution < -0.4 is 5.73 Å². The maximum atomic E-state index is 12.8. The van der Waals surface area contributed by atoms with Gasteiger partial charge in [0.05, 0.1) is 22.5 Å². The van der Waals surface area contributed by atoms with Crippen molar-refractivity contribution in [1.29, 1.82) is 0 Å². The Morgan fingerprint density at radius 2 is 2.10 bits per heavy atom. The molecule has 2 heterocycles. The quantitative estimate of drug-likeness (QED) is 0.385. The van der Waals surface area contributed by atoms with Gasteiger partial charge < -0.3 is 10.9 Å². The van der Waals surface area contributed by atoms with E-state index < -0.39 is 17.7 Å². The van der Waals surface area contributed by atoms with E-state index in [0.29, 0.717) is 5.69 Å². The number of aryl methyl sites for hydroxylation is 1. The molecule has 10 heteroatoms. The Kier molecular flexibility index (Phi) is 3.77. The van der Waals surface area contributed by atoms with Crippen LogP contribution in [0.4, 0.5) is 13.2 Å². The monoisotopic (exact) mass is 319 g/mol.